The predicted molar refractivity (Wildman–Crippen MR) is 414 cm³/mol. The number of unbranched alkanes of at least 4 members (excludes halogenated alkanes) is 43. The third-order valence-corrected chi connectivity index (χ3v) is 21.7. The van der Waals surface area contributed by atoms with Gasteiger partial charge >= 0.3 is 39.5 Å². The number of rotatable bonds is 79. The Hall–Kier alpha value is -1.94. The maximum atomic E-state index is 13.1. The summed E-state index contributed by atoms with van der Waals surface area (Å²) in [6, 6.07) is 0. The highest BCUT2D eigenvalue weighted by molar-refractivity contribution is 7.47. The molecule has 0 saturated carbocycles. The van der Waals surface area contributed by atoms with Crippen LogP contribution in [0.4, 0.5) is 0 Å². The van der Waals surface area contributed by atoms with E-state index in [2.05, 4.69) is 55.4 Å². The van der Waals surface area contributed by atoms with Gasteiger partial charge in [0.2, 0.25) is 0 Å². The highest BCUT2D eigenvalue weighted by Crippen LogP contribution is 2.45. The molecular formula is C82H160O17P2. The summed E-state index contributed by atoms with van der Waals surface area (Å²) < 4.78 is 68.7. The summed E-state index contributed by atoms with van der Waals surface area (Å²) in [5.41, 5.74) is 0. The van der Waals surface area contributed by atoms with Gasteiger partial charge in [0, 0.05) is 25.7 Å². The zero-order valence-corrected chi connectivity index (χ0v) is 68.3. The SMILES string of the molecule is CCC(C)CCCCCCCCCCCCCCCCCCCCC(=O)OC[C@H](COP(=O)(O)OCC(O)COP(=O)(O)OC[C@@H](COC(=O)CCCCCCCCCC(C)C)OC(=O)CCCCCCCCCCCCC(C)CC)OC(=O)CCCCCCCCCCCCCCC(C)C. The van der Waals surface area contributed by atoms with Crippen molar-refractivity contribution in [2.24, 2.45) is 23.7 Å². The third kappa shape index (κ3) is 73.4. The lowest BCUT2D eigenvalue weighted by Crippen LogP contribution is -2.30. The molecule has 0 bridgehead atoms. The molecule has 0 aromatic carbocycles. The van der Waals surface area contributed by atoms with E-state index in [0.29, 0.717) is 31.6 Å². The van der Waals surface area contributed by atoms with Crippen molar-refractivity contribution in [2.45, 2.75) is 440 Å². The van der Waals surface area contributed by atoms with Crippen LogP contribution in [0.2, 0.25) is 0 Å². The summed E-state index contributed by atoms with van der Waals surface area (Å²) in [4.78, 5) is 73.0. The van der Waals surface area contributed by atoms with E-state index in [0.717, 1.165) is 114 Å². The van der Waals surface area contributed by atoms with Crippen LogP contribution in [0, 0.1) is 23.7 Å². The van der Waals surface area contributed by atoms with E-state index in [1.54, 1.807) is 0 Å². The minimum atomic E-state index is -4.96. The zero-order valence-electron chi connectivity index (χ0n) is 66.5. The number of phosphoric acid groups is 2. The largest absolute Gasteiger partial charge is 0.472 e. The van der Waals surface area contributed by atoms with Crippen molar-refractivity contribution in [1.29, 1.82) is 0 Å². The van der Waals surface area contributed by atoms with Gasteiger partial charge in [-0.15, -0.1) is 0 Å². The van der Waals surface area contributed by atoms with Crippen LogP contribution in [-0.4, -0.2) is 96.7 Å². The highest BCUT2D eigenvalue weighted by atomic mass is 31.2. The third-order valence-electron chi connectivity index (χ3n) is 19.8. The summed E-state index contributed by atoms with van der Waals surface area (Å²) in [6.07, 6.45) is 58.3. The van der Waals surface area contributed by atoms with Gasteiger partial charge in [0.1, 0.15) is 19.3 Å². The van der Waals surface area contributed by atoms with Crippen LogP contribution in [0.25, 0.3) is 0 Å². The molecule has 0 aliphatic carbocycles. The molecule has 0 aliphatic heterocycles. The molecule has 0 spiro atoms. The Morgan fingerprint density at radius 1 is 0.277 bits per heavy atom. The average Bonchev–Trinajstić information content (AvgIpc) is 1.01. The van der Waals surface area contributed by atoms with Crippen molar-refractivity contribution < 1.29 is 80.2 Å². The van der Waals surface area contributed by atoms with Crippen molar-refractivity contribution in [3.05, 3.63) is 0 Å². The molecule has 0 aliphatic rings. The van der Waals surface area contributed by atoms with E-state index < -0.39 is 97.5 Å². The molecule has 0 fully saturated rings. The van der Waals surface area contributed by atoms with E-state index >= 15 is 0 Å². The summed E-state index contributed by atoms with van der Waals surface area (Å²) in [5.74, 6) is 1.04. The van der Waals surface area contributed by atoms with Crippen LogP contribution in [0.1, 0.15) is 421 Å². The molecule has 600 valence electrons. The minimum absolute atomic E-state index is 0.105. The number of carbonyl (C=O) groups excluding carboxylic acids is 4. The lowest BCUT2D eigenvalue weighted by Gasteiger charge is -2.21. The lowest BCUT2D eigenvalue weighted by molar-refractivity contribution is -0.161. The number of hydrogen-bond acceptors (Lipinski definition) is 15. The Morgan fingerprint density at radius 3 is 0.703 bits per heavy atom. The molecule has 0 rings (SSSR count). The van der Waals surface area contributed by atoms with Gasteiger partial charge in [-0.3, -0.25) is 37.3 Å². The Morgan fingerprint density at radius 2 is 0.475 bits per heavy atom. The molecule has 7 atom stereocenters. The Bertz CT molecular complexity index is 1980. The van der Waals surface area contributed by atoms with Gasteiger partial charge < -0.3 is 33.8 Å². The second-order valence-corrected chi connectivity index (χ2v) is 33.9. The van der Waals surface area contributed by atoms with E-state index in [9.17, 15) is 43.2 Å². The van der Waals surface area contributed by atoms with Crippen molar-refractivity contribution >= 4 is 39.5 Å². The van der Waals surface area contributed by atoms with Gasteiger partial charge in [0.25, 0.3) is 0 Å². The number of aliphatic hydroxyl groups excluding tert-OH is 1. The fraction of sp³-hybridized carbons (Fsp3) is 0.951. The number of esters is 4. The molecule has 0 heterocycles. The molecule has 0 aromatic rings. The summed E-state index contributed by atoms with van der Waals surface area (Å²) >= 11 is 0. The van der Waals surface area contributed by atoms with Gasteiger partial charge in [-0.1, -0.05) is 370 Å². The number of hydrogen-bond donors (Lipinski definition) is 3. The highest BCUT2D eigenvalue weighted by Gasteiger charge is 2.30. The summed E-state index contributed by atoms with van der Waals surface area (Å²) in [6.45, 7) is 14.3. The first-order valence-electron chi connectivity index (χ1n) is 42.3. The molecule has 3 N–H and O–H groups in total. The molecular weight excluding hydrogens is 1320 g/mol. The minimum Gasteiger partial charge on any atom is -0.462 e. The molecule has 101 heavy (non-hydrogen) atoms. The molecule has 19 heteroatoms. The standard InChI is InChI=1S/C82H160O17P2/c1-9-74(7)60-52-44-36-28-22-17-15-13-11-12-14-16-18-23-30-38-46-54-62-79(84)92-68-77(98-81(86)64-56-48-39-31-24-20-19-21-27-34-42-50-58-72(3)4)70-96-100(88,89)94-66-76(83)67-95-101(90,91)97-71-78(69-93-80(85)63-55-47-41-33-35-43-51-59-73(5)6)99-82(87)65-57-49-40-32-26-25-29-37-45-53-61-75(8)10-2/h72-78,83H,9-71H2,1-8H3,(H,88,89)(H,90,91)/t74?,75?,76?,77-,78-/m1/s1. The lowest BCUT2D eigenvalue weighted by atomic mass is 9.99. The molecule has 0 aromatic heterocycles. The fourth-order valence-electron chi connectivity index (χ4n) is 12.5. The van der Waals surface area contributed by atoms with Crippen molar-refractivity contribution in [1.82, 2.24) is 0 Å². The summed E-state index contributed by atoms with van der Waals surface area (Å²) in [7, 11) is -9.92. The van der Waals surface area contributed by atoms with Crippen LogP contribution >= 0.6 is 15.6 Å². The Labute approximate surface area is 619 Å². The second-order valence-electron chi connectivity index (χ2n) is 31.0. The van der Waals surface area contributed by atoms with Crippen molar-refractivity contribution in [2.75, 3.05) is 39.6 Å². The monoisotopic (exact) mass is 1480 g/mol. The van der Waals surface area contributed by atoms with E-state index in [1.807, 2.05) is 0 Å². The van der Waals surface area contributed by atoms with Crippen LogP contribution < -0.4 is 0 Å². The number of phosphoric ester groups is 2. The van der Waals surface area contributed by atoms with Gasteiger partial charge in [0.15, 0.2) is 12.2 Å². The Balaban J connectivity index is 5.20. The zero-order chi connectivity index (χ0) is 74.6. The molecule has 0 amide bonds. The number of ether oxygens (including phenoxy) is 4. The fourth-order valence-corrected chi connectivity index (χ4v) is 14.1. The first-order chi connectivity index (χ1) is 48.7. The van der Waals surface area contributed by atoms with Crippen LogP contribution in [0.3, 0.4) is 0 Å². The quantitative estimate of drug-likeness (QED) is 0.0222. The first kappa shape index (κ1) is 99.1. The normalized spacial score (nSPS) is 14.5. The molecule has 17 nitrogen and oxygen atoms in total. The van der Waals surface area contributed by atoms with Gasteiger partial charge in [-0.2, -0.15) is 0 Å². The number of carbonyl (C=O) groups is 4. The van der Waals surface area contributed by atoms with Gasteiger partial charge in [0.05, 0.1) is 26.4 Å². The maximum Gasteiger partial charge on any atom is 0.472 e. The van der Waals surface area contributed by atoms with Crippen LogP contribution in [0.15, 0.2) is 0 Å². The average molecular weight is 1480 g/mol. The van der Waals surface area contributed by atoms with Crippen LogP contribution in [-0.2, 0) is 65.4 Å². The van der Waals surface area contributed by atoms with E-state index in [4.69, 9.17) is 37.0 Å². The van der Waals surface area contributed by atoms with E-state index in [1.165, 1.54) is 218 Å². The van der Waals surface area contributed by atoms with Crippen LogP contribution in [0.5, 0.6) is 0 Å². The Kier molecular flexibility index (Phi) is 69.6. The molecule has 0 radical (unpaired) electrons. The van der Waals surface area contributed by atoms with Crippen molar-refractivity contribution in [3.8, 4) is 0 Å². The topological polar surface area (TPSA) is 237 Å². The van der Waals surface area contributed by atoms with E-state index in [-0.39, 0.29) is 25.7 Å². The smallest absolute Gasteiger partial charge is 0.462 e. The predicted octanol–water partition coefficient (Wildman–Crippen LogP) is 24.4. The summed E-state index contributed by atoms with van der Waals surface area (Å²) in [5, 5.41) is 10.6. The molecule has 0 saturated heterocycles. The van der Waals surface area contributed by atoms with Crippen molar-refractivity contribution in [3.63, 3.8) is 0 Å². The second kappa shape index (κ2) is 71.0. The van der Waals surface area contributed by atoms with Gasteiger partial charge in [-0.05, 0) is 49.4 Å². The maximum absolute atomic E-state index is 13.1. The first-order valence-corrected chi connectivity index (χ1v) is 45.3. The molecule has 5 unspecified atom stereocenters. The van der Waals surface area contributed by atoms with Gasteiger partial charge in [-0.25, -0.2) is 9.13 Å². The number of aliphatic hydroxyl groups is 1.